The summed E-state index contributed by atoms with van der Waals surface area (Å²) in [5, 5.41) is 0. The lowest BCUT2D eigenvalue weighted by atomic mass is 10.3. The number of aliphatic imine (C=N–C) groups is 2. The second-order valence-electron chi connectivity index (χ2n) is 2.17. The van der Waals surface area contributed by atoms with Crippen LogP contribution >= 0.6 is 0 Å². The summed E-state index contributed by atoms with van der Waals surface area (Å²) in [4.78, 5) is 12.0. The molecule has 62 valence electrons. The monoisotopic (exact) mass is 161 g/mol. The third-order valence-corrected chi connectivity index (χ3v) is 1.35. The van der Waals surface area contributed by atoms with E-state index < -0.39 is 0 Å². The number of pyridine rings is 1. The Morgan fingerprint density at radius 1 is 1.58 bits per heavy atom. The molecule has 0 N–H and O–H groups in total. The summed E-state index contributed by atoms with van der Waals surface area (Å²) in [5.41, 5.74) is 0.773. The van der Waals surface area contributed by atoms with Gasteiger partial charge in [0.2, 0.25) is 0 Å². The normalized spacial score (nSPS) is 11.2. The minimum atomic E-state index is 0.609. The van der Waals surface area contributed by atoms with Crippen LogP contribution in [-0.2, 0) is 0 Å². The average Bonchev–Trinajstić information content (AvgIpc) is 2.15. The standard InChI is InChI=1S/C9H11N3/c1-3-11-9(10-2)8-6-4-5-7-12-8/h4-7H,2-3H2,1H3/b11-9-. The highest BCUT2D eigenvalue weighted by molar-refractivity contribution is 5.99. The fraction of sp³-hybridized carbons (Fsp3) is 0.222. The van der Waals surface area contributed by atoms with E-state index in [0.29, 0.717) is 12.4 Å². The van der Waals surface area contributed by atoms with Crippen LogP contribution in [0.25, 0.3) is 0 Å². The summed E-state index contributed by atoms with van der Waals surface area (Å²) in [7, 11) is 0. The van der Waals surface area contributed by atoms with Crippen LogP contribution in [0.4, 0.5) is 0 Å². The first-order valence-electron chi connectivity index (χ1n) is 3.81. The molecule has 1 rings (SSSR count). The van der Waals surface area contributed by atoms with Gasteiger partial charge in [0, 0.05) is 12.7 Å². The van der Waals surface area contributed by atoms with E-state index in [1.807, 2.05) is 25.1 Å². The van der Waals surface area contributed by atoms with Crippen molar-refractivity contribution in [3.8, 4) is 0 Å². The van der Waals surface area contributed by atoms with Gasteiger partial charge in [-0.1, -0.05) is 6.07 Å². The van der Waals surface area contributed by atoms with Crippen molar-refractivity contribution < 1.29 is 0 Å². The molecule has 0 fully saturated rings. The van der Waals surface area contributed by atoms with Gasteiger partial charge in [0.05, 0.1) is 0 Å². The zero-order valence-electron chi connectivity index (χ0n) is 7.07. The van der Waals surface area contributed by atoms with Crippen molar-refractivity contribution in [3.05, 3.63) is 30.1 Å². The zero-order valence-corrected chi connectivity index (χ0v) is 7.07. The first kappa shape index (κ1) is 8.59. The highest BCUT2D eigenvalue weighted by Crippen LogP contribution is 1.97. The molecule has 3 heteroatoms. The smallest absolute Gasteiger partial charge is 0.172 e. The fourth-order valence-corrected chi connectivity index (χ4v) is 0.857. The van der Waals surface area contributed by atoms with Crippen molar-refractivity contribution in [2.45, 2.75) is 6.92 Å². The van der Waals surface area contributed by atoms with Gasteiger partial charge < -0.3 is 0 Å². The van der Waals surface area contributed by atoms with E-state index in [0.717, 1.165) is 5.69 Å². The van der Waals surface area contributed by atoms with Crippen molar-refractivity contribution in [2.75, 3.05) is 6.54 Å². The molecule has 0 unspecified atom stereocenters. The molecular formula is C9H11N3. The number of nitrogens with zero attached hydrogens (tertiary/aromatic N) is 3. The quantitative estimate of drug-likeness (QED) is 0.479. The zero-order chi connectivity index (χ0) is 8.81. The van der Waals surface area contributed by atoms with Gasteiger partial charge in [0.1, 0.15) is 5.69 Å². The Hall–Kier alpha value is -1.51. The van der Waals surface area contributed by atoms with Gasteiger partial charge in [-0.05, 0) is 25.8 Å². The molecule has 3 nitrogen and oxygen atoms in total. The maximum Gasteiger partial charge on any atom is 0.172 e. The van der Waals surface area contributed by atoms with E-state index in [2.05, 4.69) is 21.7 Å². The Balaban J connectivity index is 2.96. The topological polar surface area (TPSA) is 37.6 Å². The average molecular weight is 161 g/mol. The molecule has 0 saturated heterocycles. The van der Waals surface area contributed by atoms with Crippen molar-refractivity contribution in [1.82, 2.24) is 4.98 Å². The second kappa shape index (κ2) is 4.38. The highest BCUT2D eigenvalue weighted by Gasteiger charge is 1.98. The summed E-state index contributed by atoms with van der Waals surface area (Å²) in [5.74, 6) is 0.609. The van der Waals surface area contributed by atoms with Crippen molar-refractivity contribution in [3.63, 3.8) is 0 Å². The molecule has 0 bridgehead atoms. The highest BCUT2D eigenvalue weighted by atomic mass is 14.9. The summed E-state index contributed by atoms with van der Waals surface area (Å²) < 4.78 is 0. The molecular weight excluding hydrogens is 150 g/mol. The summed E-state index contributed by atoms with van der Waals surface area (Å²) >= 11 is 0. The minimum Gasteiger partial charge on any atom is -0.265 e. The molecule has 0 aliphatic heterocycles. The Kier molecular flexibility index (Phi) is 3.14. The van der Waals surface area contributed by atoms with Gasteiger partial charge in [0.25, 0.3) is 0 Å². The first-order valence-corrected chi connectivity index (χ1v) is 3.81. The Morgan fingerprint density at radius 2 is 2.42 bits per heavy atom. The van der Waals surface area contributed by atoms with Gasteiger partial charge in [-0.3, -0.25) is 9.98 Å². The van der Waals surface area contributed by atoms with Gasteiger partial charge in [0.15, 0.2) is 5.84 Å². The molecule has 1 aromatic heterocycles. The molecule has 1 heterocycles. The number of aromatic nitrogens is 1. The van der Waals surface area contributed by atoms with Gasteiger partial charge in [-0.15, -0.1) is 0 Å². The molecule has 0 radical (unpaired) electrons. The molecule has 0 spiro atoms. The Bertz CT molecular complexity index is 277. The molecule has 0 aromatic carbocycles. The minimum absolute atomic E-state index is 0.609. The molecule has 0 amide bonds. The molecule has 0 atom stereocenters. The summed E-state index contributed by atoms with van der Waals surface area (Å²) in [6.07, 6.45) is 1.71. The number of rotatable bonds is 2. The van der Waals surface area contributed by atoms with Crippen molar-refractivity contribution in [1.29, 1.82) is 0 Å². The molecule has 12 heavy (non-hydrogen) atoms. The third kappa shape index (κ3) is 1.99. The van der Waals surface area contributed by atoms with Crippen LogP contribution in [-0.4, -0.2) is 24.1 Å². The van der Waals surface area contributed by atoms with E-state index in [-0.39, 0.29) is 0 Å². The Labute approximate surface area is 71.9 Å². The predicted molar refractivity (Wildman–Crippen MR) is 50.9 cm³/mol. The van der Waals surface area contributed by atoms with Crippen LogP contribution in [0.2, 0.25) is 0 Å². The van der Waals surface area contributed by atoms with E-state index in [1.165, 1.54) is 0 Å². The summed E-state index contributed by atoms with van der Waals surface area (Å²) in [6.45, 7) is 6.09. The SMILES string of the molecule is C=N/C(=N\CC)c1ccccn1. The maximum atomic E-state index is 4.14. The lowest BCUT2D eigenvalue weighted by molar-refractivity contribution is 1.11. The van der Waals surface area contributed by atoms with Crippen LogP contribution in [0.5, 0.6) is 0 Å². The van der Waals surface area contributed by atoms with Gasteiger partial charge in [-0.2, -0.15) is 0 Å². The third-order valence-electron chi connectivity index (χ3n) is 1.35. The molecule has 0 saturated carbocycles. The van der Waals surface area contributed by atoms with E-state index in [4.69, 9.17) is 0 Å². The van der Waals surface area contributed by atoms with E-state index >= 15 is 0 Å². The molecule has 1 aromatic rings. The maximum absolute atomic E-state index is 4.14. The number of amidine groups is 1. The lowest BCUT2D eigenvalue weighted by Gasteiger charge is -1.96. The van der Waals surface area contributed by atoms with Crippen molar-refractivity contribution in [2.24, 2.45) is 9.98 Å². The van der Waals surface area contributed by atoms with E-state index in [9.17, 15) is 0 Å². The summed E-state index contributed by atoms with van der Waals surface area (Å²) in [6, 6.07) is 5.62. The largest absolute Gasteiger partial charge is 0.265 e. The van der Waals surface area contributed by atoms with Crippen LogP contribution in [0, 0.1) is 0 Å². The fourth-order valence-electron chi connectivity index (χ4n) is 0.857. The van der Waals surface area contributed by atoms with Gasteiger partial charge in [-0.25, -0.2) is 4.99 Å². The van der Waals surface area contributed by atoms with Crippen LogP contribution < -0.4 is 0 Å². The lowest BCUT2D eigenvalue weighted by Crippen LogP contribution is -1.99. The molecule has 0 aliphatic rings. The predicted octanol–water partition coefficient (Wildman–Crippen LogP) is 1.55. The van der Waals surface area contributed by atoms with Crippen LogP contribution in [0.15, 0.2) is 34.4 Å². The van der Waals surface area contributed by atoms with Crippen LogP contribution in [0.1, 0.15) is 12.6 Å². The van der Waals surface area contributed by atoms with E-state index in [1.54, 1.807) is 6.20 Å². The number of hydrogen-bond acceptors (Lipinski definition) is 2. The molecule has 0 aliphatic carbocycles. The Morgan fingerprint density at radius 3 is 2.92 bits per heavy atom. The van der Waals surface area contributed by atoms with Gasteiger partial charge >= 0.3 is 0 Å². The van der Waals surface area contributed by atoms with Crippen molar-refractivity contribution >= 4 is 12.6 Å². The van der Waals surface area contributed by atoms with Crippen LogP contribution in [0.3, 0.4) is 0 Å². The second-order valence-corrected chi connectivity index (χ2v) is 2.17. The first-order chi connectivity index (χ1) is 5.88. The number of hydrogen-bond donors (Lipinski definition) is 0.